The highest BCUT2D eigenvalue weighted by molar-refractivity contribution is 5.95. The molecule has 50 heavy (non-hydrogen) atoms. The van der Waals surface area contributed by atoms with Crippen molar-refractivity contribution in [1.29, 1.82) is 0 Å². The molecule has 262 valence electrons. The molecule has 1 aliphatic rings. The molecule has 0 radical (unpaired) electrons. The van der Waals surface area contributed by atoms with Gasteiger partial charge in [-0.05, 0) is 61.7 Å². The Kier molecular flexibility index (Phi) is 10.7. The molecule has 1 amide bonds. The Morgan fingerprint density at radius 1 is 0.920 bits per heavy atom. The predicted octanol–water partition coefficient (Wildman–Crippen LogP) is 6.48. The van der Waals surface area contributed by atoms with E-state index >= 15 is 0 Å². The van der Waals surface area contributed by atoms with Crippen molar-refractivity contribution in [2.75, 3.05) is 54.6 Å². The third kappa shape index (κ3) is 7.32. The topological polar surface area (TPSA) is 89.3 Å². The molecule has 10 heteroatoms. The van der Waals surface area contributed by atoms with Gasteiger partial charge in [0, 0.05) is 43.7 Å². The van der Waals surface area contributed by atoms with Crippen LogP contribution in [0.15, 0.2) is 91.0 Å². The van der Waals surface area contributed by atoms with Gasteiger partial charge >= 0.3 is 0 Å². The number of carbonyl (C=O) groups excluding carboxylic acids is 1. The Morgan fingerprint density at radius 2 is 1.56 bits per heavy atom. The second kappa shape index (κ2) is 15.3. The number of ether oxygens (including phenoxy) is 3. The van der Waals surface area contributed by atoms with Gasteiger partial charge < -0.3 is 33.7 Å². The molecule has 1 N–H and O–H groups in total. The number of methoxy groups -OCH3 is 3. The Balaban J connectivity index is 1.15. The van der Waals surface area contributed by atoms with Crippen molar-refractivity contribution < 1.29 is 28.5 Å². The highest BCUT2D eigenvalue weighted by Gasteiger charge is 2.39. The maximum absolute atomic E-state index is 14.7. The molecule has 1 fully saturated rings. The van der Waals surface area contributed by atoms with E-state index in [0.29, 0.717) is 66.7 Å². The molecule has 1 atom stereocenters. The van der Waals surface area contributed by atoms with Crippen LogP contribution in [-0.4, -0.2) is 84.9 Å². The maximum Gasteiger partial charge on any atom is 0.253 e. The summed E-state index contributed by atoms with van der Waals surface area (Å²) in [6, 6.07) is 28.1. The lowest BCUT2D eigenvalue weighted by Gasteiger charge is -2.38. The second-order valence-electron chi connectivity index (χ2n) is 13.0. The van der Waals surface area contributed by atoms with Crippen molar-refractivity contribution in [3.8, 4) is 17.2 Å². The van der Waals surface area contributed by atoms with E-state index in [1.807, 2.05) is 60.1 Å². The van der Waals surface area contributed by atoms with Crippen LogP contribution in [0.4, 0.5) is 4.39 Å². The molecule has 1 unspecified atom stereocenters. The molecule has 0 bridgehead atoms. The van der Waals surface area contributed by atoms with E-state index in [2.05, 4.69) is 17.0 Å². The van der Waals surface area contributed by atoms with E-state index in [9.17, 15) is 14.3 Å². The lowest BCUT2D eigenvalue weighted by Crippen LogP contribution is -2.44. The van der Waals surface area contributed by atoms with Gasteiger partial charge in [-0.3, -0.25) is 4.79 Å². The number of carbonyl (C=O) groups is 1. The summed E-state index contributed by atoms with van der Waals surface area (Å²) < 4.78 is 33.1. The van der Waals surface area contributed by atoms with E-state index in [1.54, 1.807) is 29.2 Å². The fourth-order valence-electron chi connectivity index (χ4n) is 7.02. The van der Waals surface area contributed by atoms with Crippen LogP contribution in [0.3, 0.4) is 0 Å². The molecule has 1 saturated heterocycles. The number of rotatable bonds is 13. The Morgan fingerprint density at radius 3 is 2.22 bits per heavy atom. The minimum absolute atomic E-state index is 0.0815. The predicted molar refractivity (Wildman–Crippen MR) is 192 cm³/mol. The number of amides is 1. The van der Waals surface area contributed by atoms with Crippen LogP contribution in [-0.2, 0) is 12.1 Å². The number of para-hydroxylation sites is 2. The first-order valence-electron chi connectivity index (χ1n) is 17.0. The highest BCUT2D eigenvalue weighted by Crippen LogP contribution is 2.39. The summed E-state index contributed by atoms with van der Waals surface area (Å²) in [6.45, 7) is 2.96. The average Bonchev–Trinajstić information content (AvgIpc) is 3.53. The molecule has 4 aromatic carbocycles. The third-order valence-corrected chi connectivity index (χ3v) is 9.86. The van der Waals surface area contributed by atoms with Gasteiger partial charge in [-0.1, -0.05) is 60.7 Å². The van der Waals surface area contributed by atoms with Gasteiger partial charge in [0.05, 0.1) is 38.9 Å². The van der Waals surface area contributed by atoms with Crippen LogP contribution in [0.1, 0.15) is 52.5 Å². The summed E-state index contributed by atoms with van der Waals surface area (Å²) in [5.74, 6) is 1.53. The van der Waals surface area contributed by atoms with E-state index < -0.39 is 5.60 Å². The SMILES string of the molecule is COc1cc(C(=O)N(C)CC(CCN2CCC(O)(c3nc4ccccc4n3Cc3ccccc3F)CC2)c2ccccc2)cc(OC)c1OC. The Hall–Kier alpha value is -4.93. The lowest BCUT2D eigenvalue weighted by molar-refractivity contribution is -0.0353. The molecule has 9 nitrogen and oxygen atoms in total. The number of piperidine rings is 1. The smallest absolute Gasteiger partial charge is 0.253 e. The summed E-state index contributed by atoms with van der Waals surface area (Å²) in [5, 5.41) is 12.1. The number of hydrogen-bond donors (Lipinski definition) is 1. The molecule has 2 heterocycles. The maximum atomic E-state index is 14.7. The molecule has 0 aliphatic carbocycles. The van der Waals surface area contributed by atoms with Crippen molar-refractivity contribution in [3.05, 3.63) is 119 Å². The number of aromatic nitrogens is 2. The minimum Gasteiger partial charge on any atom is -0.493 e. The zero-order valence-electron chi connectivity index (χ0n) is 29.1. The molecule has 1 aromatic heterocycles. The zero-order valence-corrected chi connectivity index (χ0v) is 29.1. The monoisotopic (exact) mass is 680 g/mol. The number of likely N-dealkylation sites (N-methyl/N-ethyl adjacent to an activating group) is 1. The van der Waals surface area contributed by atoms with Crippen LogP contribution in [0.2, 0.25) is 0 Å². The van der Waals surface area contributed by atoms with Gasteiger partial charge in [0.1, 0.15) is 17.2 Å². The van der Waals surface area contributed by atoms with Crippen molar-refractivity contribution in [2.45, 2.75) is 37.3 Å². The number of imidazole rings is 1. The largest absolute Gasteiger partial charge is 0.493 e. The van der Waals surface area contributed by atoms with Crippen LogP contribution in [0.5, 0.6) is 17.2 Å². The van der Waals surface area contributed by atoms with Crippen LogP contribution in [0, 0.1) is 5.82 Å². The number of likely N-dealkylation sites (tertiary alicyclic amines) is 1. The van der Waals surface area contributed by atoms with E-state index in [0.717, 1.165) is 29.6 Å². The number of nitrogens with zero attached hydrogens (tertiary/aromatic N) is 4. The molecular weight excluding hydrogens is 635 g/mol. The van der Waals surface area contributed by atoms with Crippen LogP contribution < -0.4 is 14.2 Å². The summed E-state index contributed by atoms with van der Waals surface area (Å²) in [5.41, 5.74) is 2.67. The minimum atomic E-state index is -1.15. The van der Waals surface area contributed by atoms with E-state index in [1.165, 1.54) is 27.4 Å². The fourth-order valence-corrected chi connectivity index (χ4v) is 7.02. The Bertz CT molecular complexity index is 1900. The quantitative estimate of drug-likeness (QED) is 0.152. The zero-order chi connectivity index (χ0) is 35.3. The average molecular weight is 681 g/mol. The van der Waals surface area contributed by atoms with Crippen LogP contribution in [0.25, 0.3) is 11.0 Å². The van der Waals surface area contributed by atoms with Gasteiger partial charge in [0.15, 0.2) is 11.5 Å². The first kappa shape index (κ1) is 34.9. The Labute approximate surface area is 292 Å². The van der Waals surface area contributed by atoms with Crippen molar-refractivity contribution >= 4 is 16.9 Å². The number of hydrogen-bond acceptors (Lipinski definition) is 7. The standard InChI is InChI=1S/C40H45FN4O5/c1-43(38(46)31-24-35(48-2)37(50-4)36(25-31)49-3)26-29(28-12-6-5-7-13-28)18-21-44-22-19-40(47,20-23-44)39-42-33-16-10-11-17-34(33)45(39)27-30-14-8-9-15-32(30)41/h5-17,24-25,29,47H,18-23,26-27H2,1-4H3. The van der Waals surface area contributed by atoms with Crippen molar-refractivity contribution in [1.82, 2.24) is 19.4 Å². The summed E-state index contributed by atoms with van der Waals surface area (Å²) in [6.07, 6.45) is 1.83. The summed E-state index contributed by atoms with van der Waals surface area (Å²) >= 11 is 0. The van der Waals surface area contributed by atoms with E-state index in [-0.39, 0.29) is 24.2 Å². The number of benzene rings is 4. The summed E-state index contributed by atoms with van der Waals surface area (Å²) in [7, 11) is 6.41. The lowest BCUT2D eigenvalue weighted by atomic mass is 9.89. The number of aliphatic hydroxyl groups is 1. The molecule has 0 saturated carbocycles. The van der Waals surface area contributed by atoms with Gasteiger partial charge in [0.2, 0.25) is 5.75 Å². The molecule has 6 rings (SSSR count). The molecule has 1 aliphatic heterocycles. The normalized spacial score (nSPS) is 15.1. The first-order chi connectivity index (χ1) is 24.2. The van der Waals surface area contributed by atoms with E-state index in [4.69, 9.17) is 19.2 Å². The number of fused-ring (bicyclic) bond motifs is 1. The van der Waals surface area contributed by atoms with Gasteiger partial charge in [-0.2, -0.15) is 0 Å². The summed E-state index contributed by atoms with van der Waals surface area (Å²) in [4.78, 5) is 22.7. The number of halogens is 1. The third-order valence-electron chi connectivity index (χ3n) is 9.86. The fraction of sp³-hybridized carbons (Fsp3) is 0.350. The molecule has 0 spiro atoms. The second-order valence-corrected chi connectivity index (χ2v) is 13.0. The van der Waals surface area contributed by atoms with Gasteiger partial charge in [-0.15, -0.1) is 0 Å². The molecule has 5 aromatic rings. The van der Waals surface area contributed by atoms with Crippen LogP contribution >= 0.6 is 0 Å². The highest BCUT2D eigenvalue weighted by atomic mass is 19.1. The van der Waals surface area contributed by atoms with Crippen molar-refractivity contribution in [2.24, 2.45) is 0 Å². The van der Waals surface area contributed by atoms with Crippen molar-refractivity contribution in [3.63, 3.8) is 0 Å². The van der Waals surface area contributed by atoms with Gasteiger partial charge in [0.25, 0.3) is 5.91 Å². The molecular formula is C40H45FN4O5. The van der Waals surface area contributed by atoms with Gasteiger partial charge in [-0.25, -0.2) is 9.37 Å². The first-order valence-corrected chi connectivity index (χ1v) is 17.0.